The minimum absolute atomic E-state index is 0.425. The highest BCUT2D eigenvalue weighted by Crippen LogP contribution is 2.03. The number of aromatic amines is 1. The zero-order chi connectivity index (χ0) is 11.2. The van der Waals surface area contributed by atoms with Crippen molar-refractivity contribution >= 4 is 0 Å². The summed E-state index contributed by atoms with van der Waals surface area (Å²) in [5.41, 5.74) is 1.16. The quantitative estimate of drug-likeness (QED) is 0.778. The first-order valence-corrected chi connectivity index (χ1v) is 5.57. The van der Waals surface area contributed by atoms with Crippen LogP contribution in [0.3, 0.4) is 0 Å². The molecule has 86 valence electrons. The number of H-pyrrole nitrogens is 1. The van der Waals surface area contributed by atoms with Crippen molar-refractivity contribution in [3.8, 4) is 0 Å². The highest BCUT2D eigenvalue weighted by Gasteiger charge is 2.04. The molecule has 2 rings (SSSR count). The molecule has 1 unspecified atom stereocenters. The molecule has 0 radical (unpaired) electrons. The second-order valence-corrected chi connectivity index (χ2v) is 3.97. The van der Waals surface area contributed by atoms with Gasteiger partial charge in [0, 0.05) is 37.3 Å². The Labute approximate surface area is 95.1 Å². The van der Waals surface area contributed by atoms with Crippen LogP contribution in [-0.2, 0) is 12.8 Å². The summed E-state index contributed by atoms with van der Waals surface area (Å²) in [4.78, 5) is 7.07. The molecule has 0 aliphatic carbocycles. The molecule has 0 aliphatic heterocycles. The minimum atomic E-state index is 0.425. The lowest BCUT2D eigenvalue weighted by atomic mass is 10.2. The highest BCUT2D eigenvalue weighted by molar-refractivity contribution is 5.00. The zero-order valence-electron chi connectivity index (χ0n) is 9.44. The monoisotopic (exact) mass is 219 g/mol. The van der Waals surface area contributed by atoms with Crippen molar-refractivity contribution in [2.24, 2.45) is 0 Å². The number of nitrogens with one attached hydrogen (secondary N) is 2. The molecule has 4 nitrogen and oxygen atoms in total. The summed E-state index contributed by atoms with van der Waals surface area (Å²) in [6.45, 7) is 3.11. The molecule has 0 fully saturated rings. The maximum atomic E-state index is 5.30. The molecule has 2 heterocycles. The fourth-order valence-corrected chi connectivity index (χ4v) is 1.68. The van der Waals surface area contributed by atoms with Crippen LogP contribution >= 0.6 is 0 Å². The fraction of sp³-hybridized carbons (Fsp3) is 0.417. The first-order chi connectivity index (χ1) is 7.84. The topological polar surface area (TPSA) is 53.9 Å². The van der Waals surface area contributed by atoms with E-state index in [0.717, 1.165) is 30.8 Å². The number of aromatic nitrogens is 2. The molecule has 0 bridgehead atoms. The summed E-state index contributed by atoms with van der Waals surface area (Å²) in [6, 6.07) is 4.36. The van der Waals surface area contributed by atoms with E-state index in [2.05, 4.69) is 22.2 Å². The molecule has 2 aromatic heterocycles. The highest BCUT2D eigenvalue weighted by atomic mass is 16.3. The Hall–Kier alpha value is -1.55. The van der Waals surface area contributed by atoms with Crippen molar-refractivity contribution in [3.05, 3.63) is 42.4 Å². The number of imidazole rings is 1. The first-order valence-electron chi connectivity index (χ1n) is 5.57. The van der Waals surface area contributed by atoms with Crippen LogP contribution in [0, 0.1) is 0 Å². The number of hydrogen-bond acceptors (Lipinski definition) is 3. The van der Waals surface area contributed by atoms with Crippen LogP contribution in [0.4, 0.5) is 0 Å². The van der Waals surface area contributed by atoms with Crippen LogP contribution in [0.2, 0.25) is 0 Å². The Morgan fingerprint density at radius 3 is 3.19 bits per heavy atom. The second kappa shape index (κ2) is 5.51. The van der Waals surface area contributed by atoms with E-state index in [1.54, 1.807) is 12.6 Å². The molecule has 0 saturated carbocycles. The van der Waals surface area contributed by atoms with Gasteiger partial charge in [-0.25, -0.2) is 4.98 Å². The molecule has 0 amide bonds. The molecule has 0 aromatic carbocycles. The minimum Gasteiger partial charge on any atom is -0.469 e. The lowest BCUT2D eigenvalue weighted by Crippen LogP contribution is -2.29. The van der Waals surface area contributed by atoms with Gasteiger partial charge in [0.15, 0.2) is 0 Å². The van der Waals surface area contributed by atoms with E-state index in [4.69, 9.17) is 4.42 Å². The van der Waals surface area contributed by atoms with Gasteiger partial charge in [0.25, 0.3) is 0 Å². The zero-order valence-corrected chi connectivity index (χ0v) is 9.44. The SMILES string of the molecule is CC(Cc1ccco1)NCCc1cnc[nH]1. The lowest BCUT2D eigenvalue weighted by molar-refractivity contribution is 0.458. The van der Waals surface area contributed by atoms with Crippen LogP contribution in [-0.4, -0.2) is 22.6 Å². The largest absolute Gasteiger partial charge is 0.469 e. The van der Waals surface area contributed by atoms with Gasteiger partial charge in [0.2, 0.25) is 0 Å². The predicted molar refractivity (Wildman–Crippen MR) is 62.2 cm³/mol. The van der Waals surface area contributed by atoms with E-state index in [9.17, 15) is 0 Å². The fourth-order valence-electron chi connectivity index (χ4n) is 1.68. The van der Waals surface area contributed by atoms with Gasteiger partial charge in [-0.15, -0.1) is 0 Å². The van der Waals surface area contributed by atoms with Crippen LogP contribution < -0.4 is 5.32 Å². The van der Waals surface area contributed by atoms with E-state index in [-0.39, 0.29) is 0 Å². The van der Waals surface area contributed by atoms with Gasteiger partial charge in [-0.2, -0.15) is 0 Å². The van der Waals surface area contributed by atoms with Crippen molar-refractivity contribution in [2.45, 2.75) is 25.8 Å². The third-order valence-electron chi connectivity index (χ3n) is 2.53. The summed E-state index contributed by atoms with van der Waals surface area (Å²) < 4.78 is 5.30. The van der Waals surface area contributed by atoms with E-state index in [1.807, 2.05) is 18.3 Å². The molecule has 1 atom stereocenters. The van der Waals surface area contributed by atoms with E-state index in [1.165, 1.54) is 0 Å². The van der Waals surface area contributed by atoms with E-state index >= 15 is 0 Å². The predicted octanol–water partition coefficient (Wildman–Crippen LogP) is 1.77. The summed E-state index contributed by atoms with van der Waals surface area (Å²) in [5, 5.41) is 3.45. The van der Waals surface area contributed by atoms with Crippen molar-refractivity contribution in [1.29, 1.82) is 0 Å². The summed E-state index contributed by atoms with van der Waals surface area (Å²) in [7, 11) is 0. The van der Waals surface area contributed by atoms with Gasteiger partial charge < -0.3 is 14.7 Å². The van der Waals surface area contributed by atoms with Gasteiger partial charge in [0.1, 0.15) is 5.76 Å². The number of nitrogens with zero attached hydrogens (tertiary/aromatic N) is 1. The number of furan rings is 1. The molecule has 16 heavy (non-hydrogen) atoms. The van der Waals surface area contributed by atoms with Crippen molar-refractivity contribution in [2.75, 3.05) is 6.54 Å². The number of rotatable bonds is 6. The Balaban J connectivity index is 1.66. The van der Waals surface area contributed by atoms with Crippen molar-refractivity contribution < 1.29 is 4.42 Å². The van der Waals surface area contributed by atoms with Crippen LogP contribution in [0.1, 0.15) is 18.4 Å². The van der Waals surface area contributed by atoms with Gasteiger partial charge in [0.05, 0.1) is 12.6 Å². The third kappa shape index (κ3) is 3.24. The summed E-state index contributed by atoms with van der Waals surface area (Å²) >= 11 is 0. The molecule has 0 spiro atoms. The third-order valence-corrected chi connectivity index (χ3v) is 2.53. The molecule has 0 aliphatic rings. The van der Waals surface area contributed by atoms with Crippen LogP contribution in [0.15, 0.2) is 35.3 Å². The Morgan fingerprint density at radius 1 is 1.56 bits per heavy atom. The van der Waals surface area contributed by atoms with E-state index < -0.39 is 0 Å². The van der Waals surface area contributed by atoms with Gasteiger partial charge in [-0.05, 0) is 19.1 Å². The number of hydrogen-bond donors (Lipinski definition) is 2. The lowest BCUT2D eigenvalue weighted by Gasteiger charge is -2.11. The molecular formula is C12H17N3O. The Morgan fingerprint density at radius 2 is 2.50 bits per heavy atom. The van der Waals surface area contributed by atoms with Crippen molar-refractivity contribution in [1.82, 2.24) is 15.3 Å². The average molecular weight is 219 g/mol. The molecular weight excluding hydrogens is 202 g/mol. The van der Waals surface area contributed by atoms with Crippen LogP contribution in [0.25, 0.3) is 0 Å². The smallest absolute Gasteiger partial charge is 0.105 e. The van der Waals surface area contributed by atoms with Crippen LogP contribution in [0.5, 0.6) is 0 Å². The van der Waals surface area contributed by atoms with Gasteiger partial charge >= 0.3 is 0 Å². The standard InChI is InChI=1S/C12H17N3O/c1-10(7-12-3-2-6-16-12)14-5-4-11-8-13-9-15-11/h2-3,6,8-10,14H,4-5,7H2,1H3,(H,13,15). The first kappa shape index (κ1) is 11.0. The molecule has 0 saturated heterocycles. The average Bonchev–Trinajstić information content (AvgIpc) is 2.90. The summed E-state index contributed by atoms with van der Waals surface area (Å²) in [6.07, 6.45) is 7.19. The second-order valence-electron chi connectivity index (χ2n) is 3.97. The molecule has 2 N–H and O–H groups in total. The van der Waals surface area contributed by atoms with Gasteiger partial charge in [-0.1, -0.05) is 0 Å². The van der Waals surface area contributed by atoms with Crippen molar-refractivity contribution in [3.63, 3.8) is 0 Å². The maximum absolute atomic E-state index is 5.30. The Kier molecular flexibility index (Phi) is 3.77. The van der Waals surface area contributed by atoms with E-state index in [0.29, 0.717) is 6.04 Å². The normalized spacial score (nSPS) is 12.8. The summed E-state index contributed by atoms with van der Waals surface area (Å²) in [5.74, 6) is 1.03. The van der Waals surface area contributed by atoms with Gasteiger partial charge in [-0.3, -0.25) is 0 Å². The molecule has 4 heteroatoms. The molecule has 2 aromatic rings. The maximum Gasteiger partial charge on any atom is 0.105 e. The Bertz CT molecular complexity index is 380.